The third kappa shape index (κ3) is 3.75. The van der Waals surface area contributed by atoms with Gasteiger partial charge >= 0.3 is 0 Å². The molecule has 1 aromatic carbocycles. The first-order chi connectivity index (χ1) is 13.1. The molecule has 4 rings (SSSR count). The molecular weight excluding hydrogens is 340 g/mol. The van der Waals surface area contributed by atoms with Crippen LogP contribution in [0.1, 0.15) is 52.1 Å². The number of hydrogen-bond donors (Lipinski definition) is 1. The molecule has 6 nitrogen and oxygen atoms in total. The Morgan fingerprint density at radius 2 is 1.78 bits per heavy atom. The molecule has 0 unspecified atom stereocenters. The number of piperidine rings is 1. The summed E-state index contributed by atoms with van der Waals surface area (Å²) in [6.45, 7) is 4.77. The first kappa shape index (κ1) is 17.8. The minimum absolute atomic E-state index is 0.0000311. The van der Waals surface area contributed by atoms with Crippen LogP contribution in [-0.4, -0.2) is 51.4 Å². The van der Waals surface area contributed by atoms with E-state index in [1.54, 1.807) is 0 Å². The van der Waals surface area contributed by atoms with Crippen LogP contribution in [0.25, 0.3) is 0 Å². The third-order valence-corrected chi connectivity index (χ3v) is 5.61. The van der Waals surface area contributed by atoms with Crippen LogP contribution in [0.5, 0.6) is 0 Å². The highest BCUT2D eigenvalue weighted by Crippen LogP contribution is 2.23. The monoisotopic (exact) mass is 366 g/mol. The summed E-state index contributed by atoms with van der Waals surface area (Å²) in [6, 6.07) is 8.07. The van der Waals surface area contributed by atoms with Gasteiger partial charge in [0.25, 0.3) is 5.91 Å². The zero-order valence-electron chi connectivity index (χ0n) is 15.8. The number of aryl methyl sites for hydroxylation is 1. The fourth-order valence-electron chi connectivity index (χ4n) is 3.92. The first-order valence-corrected chi connectivity index (χ1v) is 9.80. The Labute approximate surface area is 159 Å². The van der Waals surface area contributed by atoms with Crippen LogP contribution in [0.15, 0.2) is 24.3 Å². The molecule has 1 aromatic heterocycles. The summed E-state index contributed by atoms with van der Waals surface area (Å²) < 4.78 is 0. The van der Waals surface area contributed by atoms with Crippen LogP contribution in [-0.2, 0) is 24.2 Å². The van der Waals surface area contributed by atoms with Gasteiger partial charge in [-0.15, -0.1) is 0 Å². The molecule has 2 amide bonds. The Balaban J connectivity index is 1.47. The largest absolute Gasteiger partial charge is 0.338 e. The van der Waals surface area contributed by atoms with E-state index in [1.807, 2.05) is 41.0 Å². The van der Waals surface area contributed by atoms with E-state index in [4.69, 9.17) is 0 Å². The standard InChI is InChI=1S/C21H26N4O2/c1-15-5-7-16(8-6-15)13-19(26)25-12-9-18-17(14-25)20(23-22-18)21(27)24-10-3-2-4-11-24/h5-8H,2-4,9-14H2,1H3,(H,22,23). The lowest BCUT2D eigenvalue weighted by molar-refractivity contribution is -0.131. The van der Waals surface area contributed by atoms with E-state index in [2.05, 4.69) is 10.2 Å². The number of rotatable bonds is 3. The molecule has 2 aliphatic rings. The predicted octanol–water partition coefficient (Wildman–Crippen LogP) is 2.47. The van der Waals surface area contributed by atoms with Gasteiger partial charge < -0.3 is 9.80 Å². The Bertz CT molecular complexity index is 834. The molecular formula is C21H26N4O2. The second-order valence-corrected chi connectivity index (χ2v) is 7.61. The van der Waals surface area contributed by atoms with E-state index in [1.165, 1.54) is 12.0 Å². The first-order valence-electron chi connectivity index (χ1n) is 9.80. The zero-order chi connectivity index (χ0) is 18.8. The summed E-state index contributed by atoms with van der Waals surface area (Å²) in [5, 5.41) is 7.33. The van der Waals surface area contributed by atoms with Crippen molar-refractivity contribution in [2.24, 2.45) is 0 Å². The molecule has 0 saturated carbocycles. The molecule has 2 aliphatic heterocycles. The van der Waals surface area contributed by atoms with E-state index < -0.39 is 0 Å². The fraction of sp³-hybridized carbons (Fsp3) is 0.476. The summed E-state index contributed by atoms with van der Waals surface area (Å²) in [7, 11) is 0. The van der Waals surface area contributed by atoms with Gasteiger partial charge in [0.05, 0.1) is 6.42 Å². The van der Waals surface area contributed by atoms with E-state index in [0.29, 0.717) is 25.2 Å². The highest BCUT2D eigenvalue weighted by Gasteiger charge is 2.30. The maximum atomic E-state index is 12.9. The Kier molecular flexibility index (Phi) is 4.97. The van der Waals surface area contributed by atoms with Crippen molar-refractivity contribution >= 4 is 11.8 Å². The molecule has 0 spiro atoms. The molecule has 0 atom stereocenters. The van der Waals surface area contributed by atoms with Crippen LogP contribution in [0, 0.1) is 6.92 Å². The van der Waals surface area contributed by atoms with Gasteiger partial charge in [-0.25, -0.2) is 0 Å². The predicted molar refractivity (Wildman–Crippen MR) is 102 cm³/mol. The van der Waals surface area contributed by atoms with Gasteiger partial charge in [-0.05, 0) is 31.7 Å². The van der Waals surface area contributed by atoms with E-state index in [-0.39, 0.29) is 11.8 Å². The number of nitrogens with zero attached hydrogens (tertiary/aromatic N) is 3. The number of nitrogens with one attached hydrogen (secondary N) is 1. The Hall–Kier alpha value is -2.63. The molecule has 0 radical (unpaired) electrons. The van der Waals surface area contributed by atoms with Crippen molar-refractivity contribution in [3.05, 3.63) is 52.3 Å². The zero-order valence-corrected chi connectivity index (χ0v) is 15.8. The smallest absolute Gasteiger partial charge is 0.274 e. The van der Waals surface area contributed by atoms with Gasteiger partial charge in [0.15, 0.2) is 5.69 Å². The molecule has 1 N–H and O–H groups in total. The molecule has 27 heavy (non-hydrogen) atoms. The number of carbonyl (C=O) groups is 2. The van der Waals surface area contributed by atoms with E-state index >= 15 is 0 Å². The van der Waals surface area contributed by atoms with E-state index in [9.17, 15) is 9.59 Å². The molecule has 6 heteroatoms. The molecule has 142 valence electrons. The summed E-state index contributed by atoms with van der Waals surface area (Å²) in [5.41, 5.74) is 4.60. The number of aromatic amines is 1. The lowest BCUT2D eigenvalue weighted by Crippen LogP contribution is -2.39. The SMILES string of the molecule is Cc1ccc(CC(=O)N2CCc3[nH]nc(C(=O)N4CCCCC4)c3C2)cc1. The topological polar surface area (TPSA) is 69.3 Å². The van der Waals surface area contributed by atoms with Crippen molar-refractivity contribution in [1.29, 1.82) is 0 Å². The van der Waals surface area contributed by atoms with Crippen LogP contribution >= 0.6 is 0 Å². The lowest BCUT2D eigenvalue weighted by atomic mass is 10.0. The van der Waals surface area contributed by atoms with Crippen LogP contribution in [0.3, 0.4) is 0 Å². The normalized spacial score (nSPS) is 16.9. The van der Waals surface area contributed by atoms with Gasteiger partial charge in [0, 0.05) is 43.9 Å². The van der Waals surface area contributed by atoms with Crippen LogP contribution in [0.2, 0.25) is 0 Å². The van der Waals surface area contributed by atoms with Gasteiger partial charge in [-0.1, -0.05) is 29.8 Å². The Morgan fingerprint density at radius 1 is 1.04 bits per heavy atom. The van der Waals surface area contributed by atoms with E-state index in [0.717, 1.165) is 49.2 Å². The summed E-state index contributed by atoms with van der Waals surface area (Å²) in [6.07, 6.45) is 4.40. The number of carbonyl (C=O) groups excluding carboxylic acids is 2. The van der Waals surface area contributed by atoms with Gasteiger partial charge in [0.1, 0.15) is 0 Å². The summed E-state index contributed by atoms with van der Waals surface area (Å²) in [4.78, 5) is 29.4. The van der Waals surface area contributed by atoms with Crippen molar-refractivity contribution in [1.82, 2.24) is 20.0 Å². The molecule has 1 fully saturated rings. The molecule has 0 aliphatic carbocycles. The second kappa shape index (κ2) is 7.55. The lowest BCUT2D eigenvalue weighted by Gasteiger charge is -2.29. The van der Waals surface area contributed by atoms with Gasteiger partial charge in [0.2, 0.25) is 5.91 Å². The van der Waals surface area contributed by atoms with Crippen molar-refractivity contribution < 1.29 is 9.59 Å². The highest BCUT2D eigenvalue weighted by atomic mass is 16.2. The molecule has 0 bridgehead atoms. The second-order valence-electron chi connectivity index (χ2n) is 7.61. The number of amides is 2. The van der Waals surface area contributed by atoms with Crippen LogP contribution < -0.4 is 0 Å². The van der Waals surface area contributed by atoms with Crippen molar-refractivity contribution in [2.75, 3.05) is 19.6 Å². The summed E-state index contributed by atoms with van der Waals surface area (Å²) >= 11 is 0. The summed E-state index contributed by atoms with van der Waals surface area (Å²) in [5.74, 6) is 0.0992. The quantitative estimate of drug-likeness (QED) is 0.907. The van der Waals surface area contributed by atoms with Crippen LogP contribution in [0.4, 0.5) is 0 Å². The minimum Gasteiger partial charge on any atom is -0.338 e. The molecule has 3 heterocycles. The number of benzene rings is 1. The number of aromatic nitrogens is 2. The average Bonchev–Trinajstić information content (AvgIpc) is 3.13. The number of fused-ring (bicyclic) bond motifs is 1. The molecule has 2 aromatic rings. The highest BCUT2D eigenvalue weighted by molar-refractivity contribution is 5.94. The van der Waals surface area contributed by atoms with Gasteiger partial charge in [-0.3, -0.25) is 14.7 Å². The molecule has 1 saturated heterocycles. The van der Waals surface area contributed by atoms with Crippen molar-refractivity contribution in [3.8, 4) is 0 Å². The maximum Gasteiger partial charge on any atom is 0.274 e. The Morgan fingerprint density at radius 3 is 2.52 bits per heavy atom. The van der Waals surface area contributed by atoms with Gasteiger partial charge in [-0.2, -0.15) is 5.10 Å². The van der Waals surface area contributed by atoms with Crippen molar-refractivity contribution in [2.45, 2.75) is 45.6 Å². The maximum absolute atomic E-state index is 12.9. The fourth-order valence-corrected chi connectivity index (χ4v) is 3.92. The third-order valence-electron chi connectivity index (χ3n) is 5.61. The number of H-pyrrole nitrogens is 1. The number of likely N-dealkylation sites (tertiary alicyclic amines) is 1. The van der Waals surface area contributed by atoms with Crippen molar-refractivity contribution in [3.63, 3.8) is 0 Å². The number of hydrogen-bond acceptors (Lipinski definition) is 3. The minimum atomic E-state index is 0.0000311. The average molecular weight is 366 g/mol.